The van der Waals surface area contributed by atoms with Crippen LogP contribution in [0, 0.1) is 0 Å². The third kappa shape index (κ3) is 4.66. The molecule has 0 aliphatic carbocycles. The van der Waals surface area contributed by atoms with Crippen LogP contribution in [0.1, 0.15) is 13.3 Å². The van der Waals surface area contributed by atoms with Gasteiger partial charge in [-0.15, -0.1) is 18.2 Å². The molecule has 1 unspecified atom stereocenters. The average molecular weight is 404 g/mol. The molecule has 1 amide bonds. The number of benzene rings is 1. The first-order valence-corrected chi connectivity index (χ1v) is 9.86. The second-order valence-corrected chi connectivity index (χ2v) is 8.51. The van der Waals surface area contributed by atoms with E-state index in [-0.39, 0.29) is 28.2 Å². The van der Waals surface area contributed by atoms with Gasteiger partial charge in [0.05, 0.1) is 5.75 Å². The fourth-order valence-electron chi connectivity index (χ4n) is 2.96. The van der Waals surface area contributed by atoms with E-state index in [4.69, 9.17) is 0 Å². The third-order valence-corrected chi connectivity index (χ3v) is 6.01. The van der Waals surface area contributed by atoms with Crippen LogP contribution in [0.5, 0.6) is 5.75 Å². The maximum absolute atomic E-state index is 12.5. The number of rotatable bonds is 4. The predicted octanol–water partition coefficient (Wildman–Crippen LogP) is 0.869. The number of nitrogens with zero attached hydrogens (tertiary/aromatic N) is 1. The van der Waals surface area contributed by atoms with Gasteiger partial charge in [-0.1, -0.05) is 5.10 Å². The van der Waals surface area contributed by atoms with Crippen LogP contribution < -0.4 is 15.1 Å². The van der Waals surface area contributed by atoms with Gasteiger partial charge < -0.3 is 10.1 Å². The summed E-state index contributed by atoms with van der Waals surface area (Å²) in [4.78, 5) is 12.5. The lowest BCUT2D eigenvalue weighted by Crippen LogP contribution is -3.13. The van der Waals surface area contributed by atoms with Gasteiger partial charge in [0.1, 0.15) is 28.8 Å². The van der Waals surface area contributed by atoms with Crippen molar-refractivity contribution < 1.29 is 36.1 Å². The Morgan fingerprint density at radius 2 is 1.96 bits per heavy atom. The molecule has 0 radical (unpaired) electrons. The van der Waals surface area contributed by atoms with E-state index in [1.165, 1.54) is 18.3 Å². The fourth-order valence-corrected chi connectivity index (χ4v) is 4.71. The van der Waals surface area contributed by atoms with E-state index in [0.717, 1.165) is 12.1 Å². The molecule has 0 spiro atoms. The van der Waals surface area contributed by atoms with E-state index >= 15 is 0 Å². The zero-order chi connectivity index (χ0) is 19.8. The Morgan fingerprint density at radius 3 is 2.52 bits per heavy atom. The Morgan fingerprint density at radius 1 is 1.30 bits per heavy atom. The lowest BCUT2D eigenvalue weighted by molar-refractivity contribution is -0.846. The monoisotopic (exact) mass is 404 g/mol. The SMILES string of the molecule is CC1=N[NH+]([C@@H]2CCS(=O)(=O)C2)C(=O)/C1=C/Nc1ccc(OC(F)(F)F)cc1. The highest BCUT2D eigenvalue weighted by Gasteiger charge is 2.44. The molecule has 2 N–H and O–H groups in total. The maximum Gasteiger partial charge on any atom is 0.573 e. The Labute approximate surface area is 153 Å². The number of nitrogens with one attached hydrogen (secondary N) is 2. The molecule has 0 bridgehead atoms. The number of amides is 1. The second-order valence-electron chi connectivity index (χ2n) is 6.29. The molecular weight excluding hydrogens is 387 g/mol. The summed E-state index contributed by atoms with van der Waals surface area (Å²) < 4.78 is 63.5. The summed E-state index contributed by atoms with van der Waals surface area (Å²) >= 11 is 0. The Kier molecular flexibility index (Phi) is 5.00. The molecule has 7 nitrogen and oxygen atoms in total. The lowest BCUT2D eigenvalue weighted by atomic mass is 10.1. The summed E-state index contributed by atoms with van der Waals surface area (Å²) in [6.07, 6.45) is -2.97. The van der Waals surface area contributed by atoms with Gasteiger partial charge in [-0.05, 0) is 31.2 Å². The van der Waals surface area contributed by atoms with Crippen molar-refractivity contribution in [3.63, 3.8) is 0 Å². The molecule has 11 heteroatoms. The molecule has 0 saturated carbocycles. The first-order chi connectivity index (χ1) is 12.5. The van der Waals surface area contributed by atoms with Crippen molar-refractivity contribution in [1.29, 1.82) is 0 Å². The smallest absolute Gasteiger partial charge is 0.406 e. The van der Waals surface area contributed by atoms with Crippen LogP contribution in [0.15, 0.2) is 41.1 Å². The van der Waals surface area contributed by atoms with E-state index in [9.17, 15) is 26.4 Å². The summed E-state index contributed by atoms with van der Waals surface area (Å²) in [5.74, 6) is -0.716. The molecule has 2 aliphatic rings. The number of carbonyl (C=O) groups excluding carboxylic acids is 1. The summed E-state index contributed by atoms with van der Waals surface area (Å²) in [5, 5.41) is 7.31. The number of carbonyl (C=O) groups is 1. The lowest BCUT2D eigenvalue weighted by Gasteiger charge is -2.11. The summed E-state index contributed by atoms with van der Waals surface area (Å²) in [6, 6.07) is 4.64. The minimum atomic E-state index is -4.76. The maximum atomic E-state index is 12.5. The standard InChI is InChI=1S/C16H16F3N3O4S/c1-10-14(15(23)22(21-10)12-6-7-27(24,25)9-12)8-20-11-2-4-13(5-3-11)26-16(17,18)19/h2-5,8,12,20H,6-7,9H2,1H3/p+1/b14-8+/t12-/m1/s1. The van der Waals surface area contributed by atoms with Gasteiger partial charge in [0, 0.05) is 18.3 Å². The summed E-state index contributed by atoms with van der Waals surface area (Å²) in [7, 11) is -3.13. The second kappa shape index (κ2) is 6.97. The molecule has 2 atom stereocenters. The van der Waals surface area contributed by atoms with Gasteiger partial charge in [0.2, 0.25) is 0 Å². The van der Waals surface area contributed by atoms with Gasteiger partial charge in [-0.2, -0.15) is 0 Å². The molecule has 146 valence electrons. The topological polar surface area (TPSA) is 89.3 Å². The van der Waals surface area contributed by atoms with Crippen LogP contribution in [-0.2, 0) is 14.6 Å². The number of anilines is 1. The Balaban J connectivity index is 1.67. The molecule has 3 rings (SSSR count). The van der Waals surface area contributed by atoms with E-state index in [0.29, 0.717) is 23.4 Å². The molecule has 27 heavy (non-hydrogen) atoms. The van der Waals surface area contributed by atoms with Crippen molar-refractivity contribution in [1.82, 2.24) is 0 Å². The van der Waals surface area contributed by atoms with Gasteiger partial charge in [0.15, 0.2) is 9.84 Å². The van der Waals surface area contributed by atoms with Crippen molar-refractivity contribution in [2.75, 3.05) is 16.8 Å². The van der Waals surface area contributed by atoms with Gasteiger partial charge >= 0.3 is 12.3 Å². The first-order valence-electron chi connectivity index (χ1n) is 8.04. The van der Waals surface area contributed by atoms with Crippen molar-refractivity contribution in [2.45, 2.75) is 25.7 Å². The van der Waals surface area contributed by atoms with Gasteiger partial charge in [0.25, 0.3) is 0 Å². The van der Waals surface area contributed by atoms with Crippen molar-refractivity contribution in [2.24, 2.45) is 5.10 Å². The molecule has 2 aliphatic heterocycles. The summed E-state index contributed by atoms with van der Waals surface area (Å²) in [5.41, 5.74) is 1.21. The minimum Gasteiger partial charge on any atom is -0.406 e. The zero-order valence-corrected chi connectivity index (χ0v) is 15.0. The Hall–Kier alpha value is -2.40. The number of hydrogen-bond acceptors (Lipinski definition) is 6. The van der Waals surface area contributed by atoms with Crippen LogP contribution in [0.25, 0.3) is 0 Å². The van der Waals surface area contributed by atoms with Gasteiger partial charge in [-0.3, -0.25) is 0 Å². The van der Waals surface area contributed by atoms with Crippen molar-refractivity contribution >= 4 is 27.1 Å². The van der Waals surface area contributed by atoms with Crippen molar-refractivity contribution in [3.05, 3.63) is 36.0 Å². The van der Waals surface area contributed by atoms with Crippen LogP contribution in [0.2, 0.25) is 0 Å². The molecule has 1 fully saturated rings. The van der Waals surface area contributed by atoms with E-state index < -0.39 is 22.2 Å². The normalized spacial score (nSPS) is 26.3. The fraction of sp³-hybridized carbons (Fsp3) is 0.375. The van der Waals surface area contributed by atoms with Crippen LogP contribution in [-0.4, -0.2) is 43.9 Å². The highest BCUT2D eigenvalue weighted by Crippen LogP contribution is 2.24. The highest BCUT2D eigenvalue weighted by atomic mass is 32.2. The molecule has 1 aromatic rings. The molecule has 1 saturated heterocycles. The van der Waals surface area contributed by atoms with Crippen LogP contribution >= 0.6 is 0 Å². The first kappa shape index (κ1) is 19.4. The van der Waals surface area contributed by atoms with Crippen molar-refractivity contribution in [3.8, 4) is 5.75 Å². The quantitative estimate of drug-likeness (QED) is 0.727. The number of alkyl halides is 3. The van der Waals surface area contributed by atoms with Crippen LogP contribution in [0.3, 0.4) is 0 Å². The number of hydrogen-bond donors (Lipinski definition) is 2. The van der Waals surface area contributed by atoms with E-state index in [1.54, 1.807) is 6.92 Å². The van der Waals surface area contributed by atoms with Gasteiger partial charge in [-0.25, -0.2) is 13.2 Å². The zero-order valence-electron chi connectivity index (χ0n) is 14.2. The largest absolute Gasteiger partial charge is 0.573 e. The third-order valence-electron chi connectivity index (χ3n) is 4.25. The number of sulfone groups is 1. The van der Waals surface area contributed by atoms with Crippen LogP contribution in [0.4, 0.5) is 18.9 Å². The minimum absolute atomic E-state index is 0.0483. The number of halogens is 3. The molecule has 0 aromatic heterocycles. The molecule has 2 heterocycles. The average Bonchev–Trinajstić information content (AvgIpc) is 3.05. The Bertz CT molecular complexity index is 908. The number of ether oxygens (including phenoxy) is 1. The predicted molar refractivity (Wildman–Crippen MR) is 91.0 cm³/mol. The highest BCUT2D eigenvalue weighted by molar-refractivity contribution is 7.91. The molecule has 1 aromatic carbocycles. The summed E-state index contributed by atoms with van der Waals surface area (Å²) in [6.45, 7) is 1.64. The van der Waals surface area contributed by atoms with E-state index in [1.807, 2.05) is 0 Å². The molecular formula is C16H17F3N3O4S+. The van der Waals surface area contributed by atoms with E-state index in [2.05, 4.69) is 15.2 Å². The number of quaternary nitrogens is 1.